The van der Waals surface area contributed by atoms with Crippen LogP contribution in [0.5, 0.6) is 0 Å². The fourth-order valence-corrected chi connectivity index (χ4v) is 3.15. The van der Waals surface area contributed by atoms with Crippen LogP contribution in [-0.4, -0.2) is 12.5 Å². The summed E-state index contributed by atoms with van der Waals surface area (Å²) < 4.78 is 5.41. The minimum Gasteiger partial charge on any atom is -0.397 e. The molecule has 2 aromatic carbocycles. The number of ether oxygens (including phenoxy) is 1. The molecule has 4 heteroatoms. The zero-order chi connectivity index (χ0) is 14.4. The van der Waals surface area contributed by atoms with E-state index in [1.54, 1.807) is 4.90 Å². The summed E-state index contributed by atoms with van der Waals surface area (Å²) >= 11 is 0. The molecule has 2 N–H and O–H groups in total. The molecule has 2 aliphatic heterocycles. The third-order valence-electron chi connectivity index (χ3n) is 4.24. The quantitative estimate of drug-likeness (QED) is 0.817. The van der Waals surface area contributed by atoms with Crippen LogP contribution in [-0.2, 0) is 24.4 Å². The standard InChI is InChI=1S/C17H16N2O2/c18-15-3-1-2-11-6-7-19(16(11)15)17(20)12-4-5-13-9-21-10-14(13)8-12/h1-5,8H,6-7,9-10,18H2. The second-order valence-electron chi connectivity index (χ2n) is 5.54. The summed E-state index contributed by atoms with van der Waals surface area (Å²) in [5, 5.41) is 0. The van der Waals surface area contributed by atoms with E-state index in [4.69, 9.17) is 10.5 Å². The molecule has 0 aromatic heterocycles. The lowest BCUT2D eigenvalue weighted by Gasteiger charge is -2.19. The Morgan fingerprint density at radius 3 is 2.86 bits per heavy atom. The number of nitrogen functional groups attached to an aromatic ring is 1. The predicted octanol–water partition coefficient (Wildman–Crippen LogP) is 2.50. The number of para-hydroxylation sites is 1. The van der Waals surface area contributed by atoms with Gasteiger partial charge in [0.05, 0.1) is 24.6 Å². The van der Waals surface area contributed by atoms with Gasteiger partial charge in [-0.3, -0.25) is 4.79 Å². The molecular formula is C17H16N2O2. The third-order valence-corrected chi connectivity index (χ3v) is 4.24. The highest BCUT2D eigenvalue weighted by Crippen LogP contribution is 2.35. The molecule has 2 heterocycles. The fourth-order valence-electron chi connectivity index (χ4n) is 3.15. The summed E-state index contributed by atoms with van der Waals surface area (Å²) in [5.41, 5.74) is 11.7. The van der Waals surface area contributed by atoms with Crippen molar-refractivity contribution in [2.75, 3.05) is 17.2 Å². The highest BCUT2D eigenvalue weighted by Gasteiger charge is 2.28. The maximum atomic E-state index is 12.8. The van der Waals surface area contributed by atoms with E-state index in [2.05, 4.69) is 0 Å². The van der Waals surface area contributed by atoms with Crippen molar-refractivity contribution in [2.24, 2.45) is 0 Å². The second-order valence-corrected chi connectivity index (χ2v) is 5.54. The molecule has 0 unspecified atom stereocenters. The zero-order valence-corrected chi connectivity index (χ0v) is 11.6. The smallest absolute Gasteiger partial charge is 0.258 e. The first kappa shape index (κ1) is 12.4. The number of rotatable bonds is 1. The Morgan fingerprint density at radius 1 is 1.10 bits per heavy atom. The van der Waals surface area contributed by atoms with Gasteiger partial charge in [-0.2, -0.15) is 0 Å². The summed E-state index contributed by atoms with van der Waals surface area (Å²) in [6.45, 7) is 1.93. The number of benzene rings is 2. The largest absolute Gasteiger partial charge is 0.397 e. The van der Waals surface area contributed by atoms with Gasteiger partial charge in [0.15, 0.2) is 0 Å². The van der Waals surface area contributed by atoms with Crippen molar-refractivity contribution in [1.29, 1.82) is 0 Å². The Balaban J connectivity index is 1.71. The molecule has 0 atom stereocenters. The van der Waals surface area contributed by atoms with Crippen LogP contribution >= 0.6 is 0 Å². The van der Waals surface area contributed by atoms with E-state index in [1.165, 1.54) is 5.56 Å². The molecule has 0 fully saturated rings. The van der Waals surface area contributed by atoms with Gasteiger partial charge in [-0.05, 0) is 41.3 Å². The second kappa shape index (κ2) is 4.60. The minimum absolute atomic E-state index is 0.0151. The van der Waals surface area contributed by atoms with E-state index in [0.29, 0.717) is 31.0 Å². The van der Waals surface area contributed by atoms with Gasteiger partial charge < -0.3 is 15.4 Å². The Hall–Kier alpha value is -2.33. The van der Waals surface area contributed by atoms with Gasteiger partial charge in [-0.1, -0.05) is 18.2 Å². The number of anilines is 2. The van der Waals surface area contributed by atoms with Crippen LogP contribution in [0.15, 0.2) is 36.4 Å². The van der Waals surface area contributed by atoms with Crippen molar-refractivity contribution in [3.8, 4) is 0 Å². The van der Waals surface area contributed by atoms with Crippen molar-refractivity contribution in [3.05, 3.63) is 58.7 Å². The van der Waals surface area contributed by atoms with E-state index < -0.39 is 0 Å². The number of nitrogens with zero attached hydrogens (tertiary/aromatic N) is 1. The molecule has 0 saturated heterocycles. The van der Waals surface area contributed by atoms with Gasteiger partial charge in [0.2, 0.25) is 0 Å². The normalized spacial score (nSPS) is 15.9. The first-order chi connectivity index (χ1) is 10.2. The number of nitrogens with two attached hydrogens (primary N) is 1. The van der Waals surface area contributed by atoms with Gasteiger partial charge in [-0.25, -0.2) is 0 Å². The molecule has 2 aromatic rings. The molecule has 1 amide bonds. The number of carbonyl (C=O) groups is 1. The summed E-state index contributed by atoms with van der Waals surface area (Å²) in [6.07, 6.45) is 0.861. The van der Waals surface area contributed by atoms with Crippen LogP contribution < -0.4 is 10.6 Å². The van der Waals surface area contributed by atoms with Crippen molar-refractivity contribution < 1.29 is 9.53 Å². The van der Waals surface area contributed by atoms with E-state index in [0.717, 1.165) is 23.2 Å². The van der Waals surface area contributed by atoms with E-state index in [-0.39, 0.29) is 5.91 Å². The fraction of sp³-hybridized carbons (Fsp3) is 0.235. The Bertz CT molecular complexity index is 740. The monoisotopic (exact) mass is 280 g/mol. The number of amides is 1. The van der Waals surface area contributed by atoms with Gasteiger partial charge >= 0.3 is 0 Å². The lowest BCUT2D eigenvalue weighted by molar-refractivity contribution is 0.0989. The Kier molecular flexibility index (Phi) is 2.72. The summed E-state index contributed by atoms with van der Waals surface area (Å²) in [7, 11) is 0. The average molecular weight is 280 g/mol. The highest BCUT2D eigenvalue weighted by molar-refractivity contribution is 6.09. The summed E-state index contributed by atoms with van der Waals surface area (Å²) in [6, 6.07) is 11.6. The first-order valence-corrected chi connectivity index (χ1v) is 7.13. The van der Waals surface area contributed by atoms with Gasteiger partial charge in [-0.15, -0.1) is 0 Å². The molecule has 2 aliphatic rings. The van der Waals surface area contributed by atoms with Crippen LogP contribution in [0.3, 0.4) is 0 Å². The lowest BCUT2D eigenvalue weighted by atomic mass is 10.1. The summed E-state index contributed by atoms with van der Waals surface area (Å²) in [5.74, 6) is 0.0151. The molecule has 0 radical (unpaired) electrons. The Labute approximate surface area is 123 Å². The van der Waals surface area contributed by atoms with Gasteiger partial charge in [0.1, 0.15) is 0 Å². The molecule has 21 heavy (non-hydrogen) atoms. The molecule has 0 saturated carbocycles. The van der Waals surface area contributed by atoms with E-state index in [9.17, 15) is 4.79 Å². The molecule has 0 bridgehead atoms. The summed E-state index contributed by atoms with van der Waals surface area (Å²) in [4.78, 5) is 14.6. The van der Waals surface area contributed by atoms with E-state index >= 15 is 0 Å². The van der Waals surface area contributed by atoms with E-state index in [1.807, 2.05) is 36.4 Å². The molecule has 0 aliphatic carbocycles. The number of carbonyl (C=O) groups excluding carboxylic acids is 1. The van der Waals surface area contributed by atoms with Crippen LogP contribution in [0.1, 0.15) is 27.0 Å². The number of fused-ring (bicyclic) bond motifs is 2. The van der Waals surface area contributed by atoms with Crippen molar-refractivity contribution in [3.63, 3.8) is 0 Å². The van der Waals surface area contributed by atoms with Crippen LogP contribution in [0.4, 0.5) is 11.4 Å². The zero-order valence-electron chi connectivity index (χ0n) is 11.6. The topological polar surface area (TPSA) is 55.6 Å². The van der Waals surface area contributed by atoms with Crippen LogP contribution in [0.25, 0.3) is 0 Å². The first-order valence-electron chi connectivity index (χ1n) is 7.13. The maximum Gasteiger partial charge on any atom is 0.258 e. The number of hydrogen-bond acceptors (Lipinski definition) is 3. The highest BCUT2D eigenvalue weighted by atomic mass is 16.5. The maximum absolute atomic E-state index is 12.8. The third kappa shape index (κ3) is 1.91. The molecule has 4 rings (SSSR count). The van der Waals surface area contributed by atoms with Crippen molar-refractivity contribution >= 4 is 17.3 Å². The average Bonchev–Trinajstić information content (AvgIpc) is 3.13. The lowest BCUT2D eigenvalue weighted by Crippen LogP contribution is -2.29. The van der Waals surface area contributed by atoms with Crippen LogP contribution in [0.2, 0.25) is 0 Å². The van der Waals surface area contributed by atoms with Crippen LogP contribution in [0, 0.1) is 0 Å². The van der Waals surface area contributed by atoms with Crippen molar-refractivity contribution in [2.45, 2.75) is 19.6 Å². The van der Waals surface area contributed by atoms with Gasteiger partial charge in [0, 0.05) is 12.1 Å². The SMILES string of the molecule is Nc1cccc2c1N(C(=O)c1ccc3c(c1)COC3)CC2. The molecular weight excluding hydrogens is 264 g/mol. The molecule has 106 valence electrons. The van der Waals surface area contributed by atoms with Gasteiger partial charge in [0.25, 0.3) is 5.91 Å². The molecule has 0 spiro atoms. The molecule has 4 nitrogen and oxygen atoms in total. The number of hydrogen-bond donors (Lipinski definition) is 1. The van der Waals surface area contributed by atoms with Crippen molar-refractivity contribution in [1.82, 2.24) is 0 Å². The minimum atomic E-state index is 0.0151. The predicted molar refractivity (Wildman–Crippen MR) is 81.2 cm³/mol. The Morgan fingerprint density at radius 2 is 1.95 bits per heavy atom.